The first-order valence-corrected chi connectivity index (χ1v) is 10.6. The summed E-state index contributed by atoms with van der Waals surface area (Å²) in [4.78, 5) is 0. The Morgan fingerprint density at radius 2 is 1.71 bits per heavy atom. The van der Waals surface area contributed by atoms with E-state index in [0.717, 1.165) is 23.7 Å². The number of fused-ring (bicyclic) bond motifs is 5. The number of hydrogen-bond donors (Lipinski definition) is 0. The molecule has 0 heteroatoms. The summed E-state index contributed by atoms with van der Waals surface area (Å²) in [7, 11) is 0. The number of allylic oxidation sites excluding steroid dienone is 4. The van der Waals surface area contributed by atoms with Crippen LogP contribution in [0.15, 0.2) is 23.3 Å². The Labute approximate surface area is 150 Å². The first kappa shape index (κ1) is 16.9. The maximum absolute atomic E-state index is 2.74. The molecule has 0 heterocycles. The molecule has 0 saturated heterocycles. The third-order valence-electron chi connectivity index (χ3n) is 9.80. The lowest BCUT2D eigenvalue weighted by Gasteiger charge is -2.65. The third kappa shape index (κ3) is 1.98. The van der Waals surface area contributed by atoms with Crippen molar-refractivity contribution >= 4 is 0 Å². The van der Waals surface area contributed by atoms with Crippen LogP contribution in [0.5, 0.6) is 0 Å². The minimum Gasteiger partial charge on any atom is -0.0853 e. The molecule has 7 atom stereocenters. The van der Waals surface area contributed by atoms with Crippen LogP contribution in [0.4, 0.5) is 0 Å². The van der Waals surface area contributed by atoms with Crippen molar-refractivity contribution in [1.82, 2.24) is 0 Å². The van der Waals surface area contributed by atoms with Crippen LogP contribution in [0.2, 0.25) is 0 Å². The van der Waals surface area contributed by atoms with E-state index in [2.05, 4.69) is 53.7 Å². The topological polar surface area (TPSA) is 0 Å². The van der Waals surface area contributed by atoms with Gasteiger partial charge in [-0.15, -0.1) is 0 Å². The van der Waals surface area contributed by atoms with E-state index >= 15 is 0 Å². The predicted molar refractivity (Wildman–Crippen MR) is 104 cm³/mol. The van der Waals surface area contributed by atoms with Gasteiger partial charge in [-0.3, -0.25) is 0 Å². The van der Waals surface area contributed by atoms with Crippen LogP contribution < -0.4 is 0 Å². The summed E-state index contributed by atoms with van der Waals surface area (Å²) in [5.41, 5.74) is 5.06. The molecule has 7 unspecified atom stereocenters. The van der Waals surface area contributed by atoms with Crippen molar-refractivity contribution in [1.29, 1.82) is 0 Å². The zero-order valence-electron chi connectivity index (χ0n) is 16.9. The van der Waals surface area contributed by atoms with Crippen molar-refractivity contribution < 1.29 is 0 Å². The largest absolute Gasteiger partial charge is 0.0853 e. The molecular weight excluding hydrogens is 288 g/mol. The van der Waals surface area contributed by atoms with Crippen molar-refractivity contribution in [2.75, 3.05) is 0 Å². The molecule has 0 nitrogen and oxygen atoms in total. The fourth-order valence-corrected chi connectivity index (χ4v) is 7.64. The highest BCUT2D eigenvalue weighted by molar-refractivity contribution is 5.35. The van der Waals surface area contributed by atoms with Crippen molar-refractivity contribution in [2.24, 2.45) is 39.9 Å². The van der Waals surface area contributed by atoms with Crippen LogP contribution in [-0.4, -0.2) is 0 Å². The average Bonchev–Trinajstić information content (AvgIpc) is 2.53. The number of rotatable bonds is 0. The van der Waals surface area contributed by atoms with Gasteiger partial charge < -0.3 is 0 Å². The molecule has 24 heavy (non-hydrogen) atoms. The molecule has 134 valence electrons. The average molecular weight is 327 g/mol. The molecule has 0 spiro atoms. The minimum absolute atomic E-state index is 0.431. The van der Waals surface area contributed by atoms with Gasteiger partial charge >= 0.3 is 0 Å². The van der Waals surface area contributed by atoms with Gasteiger partial charge in [-0.2, -0.15) is 0 Å². The van der Waals surface area contributed by atoms with Gasteiger partial charge in [0, 0.05) is 0 Å². The molecule has 4 aliphatic carbocycles. The second-order valence-electron chi connectivity index (χ2n) is 10.7. The Morgan fingerprint density at radius 1 is 0.958 bits per heavy atom. The van der Waals surface area contributed by atoms with E-state index < -0.39 is 0 Å². The summed E-state index contributed by atoms with van der Waals surface area (Å²) in [6, 6.07) is 0. The quantitative estimate of drug-likeness (QED) is 0.414. The van der Waals surface area contributed by atoms with E-state index in [4.69, 9.17) is 0 Å². The molecule has 0 radical (unpaired) electrons. The number of hydrogen-bond acceptors (Lipinski definition) is 0. The van der Waals surface area contributed by atoms with Crippen LogP contribution in [0.1, 0.15) is 86.5 Å². The molecule has 4 aliphatic rings. The lowest BCUT2D eigenvalue weighted by atomic mass is 9.39. The van der Waals surface area contributed by atoms with Gasteiger partial charge in [0.25, 0.3) is 0 Å². The normalized spacial score (nSPS) is 54.1. The van der Waals surface area contributed by atoms with Crippen LogP contribution in [0.3, 0.4) is 0 Å². The van der Waals surface area contributed by atoms with Crippen LogP contribution in [-0.2, 0) is 0 Å². The lowest BCUT2D eigenvalue weighted by Crippen LogP contribution is -2.57. The predicted octanol–water partition coefficient (Wildman–Crippen LogP) is 7.17. The molecule has 0 bridgehead atoms. The van der Waals surface area contributed by atoms with Crippen molar-refractivity contribution in [3.63, 3.8) is 0 Å². The van der Waals surface area contributed by atoms with Crippen LogP contribution >= 0.6 is 0 Å². The SMILES string of the molecule is CC1=CCCC2(C)C1CC=C1C3C(C)C(C)CCC3(C)CCC12C. The maximum Gasteiger partial charge on any atom is -0.00534 e. The molecule has 4 rings (SSSR count). The molecule has 0 aromatic rings. The fraction of sp³-hybridized carbons (Fsp3) is 0.833. The van der Waals surface area contributed by atoms with Gasteiger partial charge in [-0.1, -0.05) is 57.9 Å². The lowest BCUT2D eigenvalue weighted by molar-refractivity contribution is -0.0722. The Balaban J connectivity index is 1.82. The Hall–Kier alpha value is -0.520. The van der Waals surface area contributed by atoms with E-state index in [1.165, 1.54) is 44.9 Å². The van der Waals surface area contributed by atoms with Gasteiger partial charge in [0.1, 0.15) is 0 Å². The standard InChI is InChI=1S/C24H38/c1-16-11-13-22(4)14-15-24(6)20(21(22)18(16)3)10-9-19-17(2)8-7-12-23(19,24)5/h8,10,16,18-19,21H,7,9,11-15H2,1-6H3. The van der Waals surface area contributed by atoms with Crippen molar-refractivity contribution in [3.8, 4) is 0 Å². The summed E-state index contributed by atoms with van der Waals surface area (Å²) in [6.07, 6.45) is 15.1. The van der Waals surface area contributed by atoms with E-state index in [9.17, 15) is 0 Å². The van der Waals surface area contributed by atoms with Gasteiger partial charge in [0.05, 0.1) is 0 Å². The first-order chi connectivity index (χ1) is 11.2. The van der Waals surface area contributed by atoms with Gasteiger partial charge in [0.2, 0.25) is 0 Å². The van der Waals surface area contributed by atoms with Crippen molar-refractivity contribution in [2.45, 2.75) is 86.5 Å². The molecule has 0 amide bonds. The summed E-state index contributed by atoms with van der Waals surface area (Å²) in [6.45, 7) is 15.4. The molecule has 0 aromatic carbocycles. The fourth-order valence-electron chi connectivity index (χ4n) is 7.64. The Morgan fingerprint density at radius 3 is 2.46 bits per heavy atom. The van der Waals surface area contributed by atoms with E-state index in [1.54, 1.807) is 5.57 Å². The minimum atomic E-state index is 0.431. The van der Waals surface area contributed by atoms with E-state index in [-0.39, 0.29) is 0 Å². The third-order valence-corrected chi connectivity index (χ3v) is 9.80. The summed E-state index contributed by atoms with van der Waals surface area (Å²) in [5, 5.41) is 0. The molecule has 0 N–H and O–H groups in total. The van der Waals surface area contributed by atoms with Gasteiger partial charge in [0.15, 0.2) is 0 Å². The molecule has 2 fully saturated rings. The van der Waals surface area contributed by atoms with Gasteiger partial charge in [-0.05, 0) is 91.8 Å². The zero-order valence-corrected chi connectivity index (χ0v) is 16.9. The first-order valence-electron chi connectivity index (χ1n) is 10.6. The monoisotopic (exact) mass is 326 g/mol. The smallest absolute Gasteiger partial charge is 0.00534 e. The summed E-state index contributed by atoms with van der Waals surface area (Å²) < 4.78 is 0. The zero-order chi connectivity index (χ0) is 17.3. The summed E-state index contributed by atoms with van der Waals surface area (Å²) in [5.74, 6) is 3.38. The highest BCUT2D eigenvalue weighted by Crippen LogP contribution is 2.70. The highest BCUT2D eigenvalue weighted by Gasteiger charge is 2.61. The van der Waals surface area contributed by atoms with E-state index in [1.807, 2.05) is 5.57 Å². The molecule has 0 aliphatic heterocycles. The second-order valence-corrected chi connectivity index (χ2v) is 10.7. The Kier molecular flexibility index (Phi) is 3.70. The van der Waals surface area contributed by atoms with Crippen LogP contribution in [0.25, 0.3) is 0 Å². The van der Waals surface area contributed by atoms with Gasteiger partial charge in [-0.25, -0.2) is 0 Å². The van der Waals surface area contributed by atoms with Crippen LogP contribution in [0, 0.1) is 39.9 Å². The molecule has 0 aromatic heterocycles. The molecular formula is C24H38. The summed E-state index contributed by atoms with van der Waals surface area (Å²) >= 11 is 0. The Bertz CT molecular complexity index is 595. The maximum atomic E-state index is 2.74. The van der Waals surface area contributed by atoms with E-state index in [0.29, 0.717) is 16.2 Å². The second kappa shape index (κ2) is 5.24. The van der Waals surface area contributed by atoms with Crippen molar-refractivity contribution in [3.05, 3.63) is 23.3 Å². The molecule has 2 saturated carbocycles. The highest BCUT2D eigenvalue weighted by atomic mass is 14.7.